The molecule has 1 heterocycles. The molecule has 0 radical (unpaired) electrons. The molecule has 0 spiro atoms. The summed E-state index contributed by atoms with van der Waals surface area (Å²) >= 11 is 6.05. The molecule has 104 valence electrons. The van der Waals surface area contributed by atoms with E-state index < -0.39 is 6.10 Å². The van der Waals surface area contributed by atoms with Gasteiger partial charge in [0.05, 0.1) is 11.1 Å². The van der Waals surface area contributed by atoms with Crippen molar-refractivity contribution in [3.05, 3.63) is 22.7 Å². The number of amides is 1. The number of hydrogen-bond acceptors (Lipinski definition) is 4. The normalized spacial score (nSPS) is 14.9. The highest BCUT2D eigenvalue weighted by Crippen LogP contribution is 2.38. The predicted octanol–water partition coefficient (Wildman–Crippen LogP) is 1.61. The summed E-state index contributed by atoms with van der Waals surface area (Å²) in [6.07, 6.45) is 0.0407. The maximum Gasteiger partial charge on any atom is 0.251 e. The summed E-state index contributed by atoms with van der Waals surface area (Å²) in [6, 6.07) is 3.12. The van der Waals surface area contributed by atoms with Gasteiger partial charge in [-0.25, -0.2) is 0 Å². The molecule has 0 aromatic heterocycles. The molecular weight excluding hydrogens is 270 g/mol. The Bertz CT molecular complexity index is 478. The topological polar surface area (TPSA) is 67.8 Å². The molecule has 0 saturated carbocycles. The SMILES string of the molecule is CCC(O)CNC(=O)c1cc(Cl)c2c(c1)OCCO2. The number of carbonyl (C=O) groups is 1. The maximum atomic E-state index is 11.9. The van der Waals surface area contributed by atoms with Crippen molar-refractivity contribution in [3.63, 3.8) is 0 Å². The average Bonchev–Trinajstić information content (AvgIpc) is 2.44. The molecule has 1 aliphatic rings. The van der Waals surface area contributed by atoms with Crippen LogP contribution in [0.3, 0.4) is 0 Å². The second-order valence-corrected chi connectivity index (χ2v) is 4.66. The lowest BCUT2D eigenvalue weighted by Gasteiger charge is -2.20. The van der Waals surface area contributed by atoms with Gasteiger partial charge in [-0.15, -0.1) is 0 Å². The number of aliphatic hydroxyl groups excluding tert-OH is 1. The summed E-state index contributed by atoms with van der Waals surface area (Å²) < 4.78 is 10.8. The second-order valence-electron chi connectivity index (χ2n) is 4.25. The standard InChI is InChI=1S/C13H16ClNO4/c1-2-9(16)7-15-13(17)8-5-10(14)12-11(6-8)18-3-4-19-12/h5-6,9,16H,2-4,7H2,1H3,(H,15,17). The Labute approximate surface area is 116 Å². The third kappa shape index (κ3) is 3.30. The highest BCUT2D eigenvalue weighted by atomic mass is 35.5. The summed E-state index contributed by atoms with van der Waals surface area (Å²) in [7, 11) is 0. The smallest absolute Gasteiger partial charge is 0.251 e. The quantitative estimate of drug-likeness (QED) is 0.882. The highest BCUT2D eigenvalue weighted by molar-refractivity contribution is 6.32. The van der Waals surface area contributed by atoms with E-state index >= 15 is 0 Å². The van der Waals surface area contributed by atoms with Crippen LogP contribution in [0.15, 0.2) is 12.1 Å². The lowest BCUT2D eigenvalue weighted by Crippen LogP contribution is -2.31. The van der Waals surface area contributed by atoms with Crippen LogP contribution in [0.2, 0.25) is 5.02 Å². The van der Waals surface area contributed by atoms with Gasteiger partial charge in [-0.05, 0) is 18.6 Å². The Kier molecular flexibility index (Phi) is 4.50. The Balaban J connectivity index is 2.12. The lowest BCUT2D eigenvalue weighted by atomic mass is 10.1. The monoisotopic (exact) mass is 285 g/mol. The fraction of sp³-hybridized carbons (Fsp3) is 0.462. The first-order valence-corrected chi connectivity index (χ1v) is 6.55. The first kappa shape index (κ1) is 14.0. The first-order chi connectivity index (χ1) is 9.11. The van der Waals surface area contributed by atoms with Gasteiger partial charge in [-0.1, -0.05) is 18.5 Å². The van der Waals surface area contributed by atoms with E-state index in [2.05, 4.69) is 5.32 Å². The fourth-order valence-electron chi connectivity index (χ4n) is 1.70. The van der Waals surface area contributed by atoms with E-state index in [0.717, 1.165) is 0 Å². The van der Waals surface area contributed by atoms with Gasteiger partial charge in [0.1, 0.15) is 13.2 Å². The summed E-state index contributed by atoms with van der Waals surface area (Å²) in [5.41, 5.74) is 0.387. The number of ether oxygens (including phenoxy) is 2. The van der Waals surface area contributed by atoms with Crippen LogP contribution in [0.5, 0.6) is 11.5 Å². The molecule has 1 aromatic carbocycles. The molecule has 2 N–H and O–H groups in total. The minimum absolute atomic E-state index is 0.210. The summed E-state index contributed by atoms with van der Waals surface area (Å²) in [4.78, 5) is 11.9. The van der Waals surface area contributed by atoms with Crippen molar-refractivity contribution in [2.45, 2.75) is 19.4 Å². The van der Waals surface area contributed by atoms with Crippen molar-refractivity contribution >= 4 is 17.5 Å². The lowest BCUT2D eigenvalue weighted by molar-refractivity contribution is 0.0912. The van der Waals surface area contributed by atoms with Crippen LogP contribution in [0, 0.1) is 0 Å². The van der Waals surface area contributed by atoms with Crippen LogP contribution < -0.4 is 14.8 Å². The summed E-state index contributed by atoms with van der Waals surface area (Å²) in [5.74, 6) is 0.643. The molecule has 1 aromatic rings. The van der Waals surface area contributed by atoms with Crippen molar-refractivity contribution in [1.29, 1.82) is 0 Å². The zero-order valence-corrected chi connectivity index (χ0v) is 11.4. The third-order valence-electron chi connectivity index (χ3n) is 2.83. The fourth-order valence-corrected chi connectivity index (χ4v) is 1.96. The highest BCUT2D eigenvalue weighted by Gasteiger charge is 2.19. The Morgan fingerprint density at radius 3 is 2.95 bits per heavy atom. The van der Waals surface area contributed by atoms with Crippen molar-refractivity contribution in [2.75, 3.05) is 19.8 Å². The predicted molar refractivity (Wildman–Crippen MR) is 71.1 cm³/mol. The molecule has 0 fully saturated rings. The molecule has 1 amide bonds. The van der Waals surface area contributed by atoms with Gasteiger partial charge in [0.2, 0.25) is 0 Å². The number of halogens is 1. The van der Waals surface area contributed by atoms with Gasteiger partial charge in [-0.2, -0.15) is 0 Å². The number of aliphatic hydroxyl groups is 1. The molecular formula is C13H16ClNO4. The molecule has 0 bridgehead atoms. The van der Waals surface area contributed by atoms with Crippen LogP contribution in [0.1, 0.15) is 23.7 Å². The number of carbonyl (C=O) groups excluding carboxylic acids is 1. The van der Waals surface area contributed by atoms with Gasteiger partial charge in [0.15, 0.2) is 11.5 Å². The van der Waals surface area contributed by atoms with Gasteiger partial charge in [0, 0.05) is 12.1 Å². The number of nitrogens with one attached hydrogen (secondary N) is 1. The zero-order valence-electron chi connectivity index (χ0n) is 10.6. The van der Waals surface area contributed by atoms with E-state index in [4.69, 9.17) is 21.1 Å². The number of benzene rings is 1. The number of rotatable bonds is 4. The largest absolute Gasteiger partial charge is 0.486 e. The Morgan fingerprint density at radius 2 is 2.21 bits per heavy atom. The molecule has 19 heavy (non-hydrogen) atoms. The molecule has 6 heteroatoms. The van der Waals surface area contributed by atoms with E-state index in [1.165, 1.54) is 6.07 Å². The maximum absolute atomic E-state index is 11.9. The summed E-state index contributed by atoms with van der Waals surface area (Å²) in [5, 5.41) is 12.4. The molecule has 2 rings (SSSR count). The van der Waals surface area contributed by atoms with Crippen LogP contribution in [0.25, 0.3) is 0 Å². The van der Waals surface area contributed by atoms with Gasteiger partial charge in [0.25, 0.3) is 5.91 Å². The average molecular weight is 286 g/mol. The van der Waals surface area contributed by atoms with Crippen molar-refractivity contribution < 1.29 is 19.4 Å². The molecule has 1 atom stereocenters. The molecule has 0 aliphatic carbocycles. The first-order valence-electron chi connectivity index (χ1n) is 6.17. The zero-order chi connectivity index (χ0) is 13.8. The van der Waals surface area contributed by atoms with E-state index in [-0.39, 0.29) is 12.5 Å². The minimum Gasteiger partial charge on any atom is -0.486 e. The van der Waals surface area contributed by atoms with E-state index in [1.807, 2.05) is 6.92 Å². The third-order valence-corrected chi connectivity index (χ3v) is 3.11. The number of hydrogen-bond donors (Lipinski definition) is 2. The molecule has 5 nitrogen and oxygen atoms in total. The molecule has 0 saturated heterocycles. The Morgan fingerprint density at radius 1 is 1.47 bits per heavy atom. The van der Waals surface area contributed by atoms with Gasteiger partial charge >= 0.3 is 0 Å². The second kappa shape index (κ2) is 6.12. The van der Waals surface area contributed by atoms with Crippen LogP contribution in [-0.2, 0) is 0 Å². The number of fused-ring (bicyclic) bond motifs is 1. The molecule has 1 aliphatic heterocycles. The van der Waals surface area contributed by atoms with Gasteiger partial charge in [-0.3, -0.25) is 4.79 Å². The Hall–Kier alpha value is -1.46. The van der Waals surface area contributed by atoms with Crippen molar-refractivity contribution in [1.82, 2.24) is 5.32 Å². The van der Waals surface area contributed by atoms with E-state index in [9.17, 15) is 9.90 Å². The van der Waals surface area contributed by atoms with Crippen molar-refractivity contribution in [3.8, 4) is 11.5 Å². The van der Waals surface area contributed by atoms with Crippen LogP contribution >= 0.6 is 11.6 Å². The molecule has 1 unspecified atom stereocenters. The van der Waals surface area contributed by atoms with E-state index in [1.54, 1.807) is 6.07 Å². The van der Waals surface area contributed by atoms with Crippen LogP contribution in [0.4, 0.5) is 0 Å². The van der Waals surface area contributed by atoms with Crippen molar-refractivity contribution in [2.24, 2.45) is 0 Å². The van der Waals surface area contributed by atoms with E-state index in [0.29, 0.717) is 41.7 Å². The minimum atomic E-state index is -0.545. The van der Waals surface area contributed by atoms with Gasteiger partial charge < -0.3 is 19.9 Å². The van der Waals surface area contributed by atoms with Crippen LogP contribution in [-0.4, -0.2) is 36.9 Å². The summed E-state index contributed by atoms with van der Waals surface area (Å²) in [6.45, 7) is 2.93.